The van der Waals surface area contributed by atoms with Crippen molar-refractivity contribution in [2.45, 2.75) is 19.4 Å². The van der Waals surface area contributed by atoms with E-state index in [9.17, 15) is 9.50 Å². The lowest BCUT2D eigenvalue weighted by atomic mass is 9.98. The Balaban J connectivity index is 2.22. The van der Waals surface area contributed by atoms with Crippen LogP contribution in [0.15, 0.2) is 42.5 Å². The van der Waals surface area contributed by atoms with Gasteiger partial charge in [-0.3, -0.25) is 0 Å². The minimum absolute atomic E-state index is 0.260. The van der Waals surface area contributed by atoms with E-state index in [4.69, 9.17) is 11.6 Å². The van der Waals surface area contributed by atoms with Crippen LogP contribution in [-0.2, 0) is 6.42 Å². The van der Waals surface area contributed by atoms with Crippen LogP contribution < -0.4 is 0 Å². The molecule has 18 heavy (non-hydrogen) atoms. The second-order valence-corrected chi connectivity index (χ2v) is 4.72. The molecule has 94 valence electrons. The average Bonchev–Trinajstić information content (AvgIpc) is 2.32. The van der Waals surface area contributed by atoms with Crippen LogP contribution >= 0.6 is 11.6 Å². The van der Waals surface area contributed by atoms with Crippen LogP contribution in [0.25, 0.3) is 0 Å². The number of aliphatic hydroxyl groups is 1. The van der Waals surface area contributed by atoms with Gasteiger partial charge in [-0.2, -0.15) is 0 Å². The molecule has 0 heterocycles. The summed E-state index contributed by atoms with van der Waals surface area (Å²) in [6, 6.07) is 11.9. The smallest absolute Gasteiger partial charge is 0.124 e. The minimum atomic E-state index is -0.723. The molecular weight excluding hydrogens is 251 g/mol. The monoisotopic (exact) mass is 264 g/mol. The van der Waals surface area contributed by atoms with Gasteiger partial charge in [0, 0.05) is 11.4 Å². The summed E-state index contributed by atoms with van der Waals surface area (Å²) in [5, 5.41) is 10.4. The molecule has 3 heteroatoms. The lowest BCUT2D eigenvalue weighted by Gasteiger charge is -2.14. The van der Waals surface area contributed by atoms with Crippen LogP contribution in [0.5, 0.6) is 0 Å². The molecule has 0 radical (unpaired) electrons. The van der Waals surface area contributed by atoms with E-state index in [2.05, 4.69) is 0 Å². The molecule has 1 nitrogen and oxygen atoms in total. The average molecular weight is 265 g/mol. The highest BCUT2D eigenvalue weighted by molar-refractivity contribution is 6.31. The number of benzene rings is 2. The van der Waals surface area contributed by atoms with Gasteiger partial charge < -0.3 is 5.11 Å². The number of halogens is 2. The van der Waals surface area contributed by atoms with E-state index in [0.717, 1.165) is 11.1 Å². The third-order valence-corrected chi connectivity index (χ3v) is 3.32. The van der Waals surface area contributed by atoms with Crippen molar-refractivity contribution in [1.29, 1.82) is 0 Å². The largest absolute Gasteiger partial charge is 0.388 e. The van der Waals surface area contributed by atoms with Crippen molar-refractivity contribution in [2.24, 2.45) is 0 Å². The van der Waals surface area contributed by atoms with Gasteiger partial charge in [0.1, 0.15) is 5.82 Å². The molecule has 0 spiro atoms. The molecule has 0 amide bonds. The van der Waals surface area contributed by atoms with Crippen molar-refractivity contribution in [3.8, 4) is 0 Å². The van der Waals surface area contributed by atoms with E-state index in [1.165, 1.54) is 18.2 Å². The van der Waals surface area contributed by atoms with Crippen LogP contribution in [-0.4, -0.2) is 5.11 Å². The summed E-state index contributed by atoms with van der Waals surface area (Å²) in [6.07, 6.45) is -0.253. The van der Waals surface area contributed by atoms with E-state index in [1.807, 2.05) is 31.2 Å². The van der Waals surface area contributed by atoms with Crippen LogP contribution in [0.3, 0.4) is 0 Å². The van der Waals surface area contributed by atoms with Gasteiger partial charge in [-0.15, -0.1) is 0 Å². The second-order valence-electron chi connectivity index (χ2n) is 4.31. The van der Waals surface area contributed by atoms with Gasteiger partial charge in [-0.25, -0.2) is 4.39 Å². The number of rotatable bonds is 3. The zero-order valence-corrected chi connectivity index (χ0v) is 10.8. The van der Waals surface area contributed by atoms with Crippen molar-refractivity contribution in [1.82, 2.24) is 0 Å². The third kappa shape index (κ3) is 2.89. The Hall–Kier alpha value is -1.38. The maximum absolute atomic E-state index is 12.9. The Labute approximate surface area is 111 Å². The first kappa shape index (κ1) is 13.1. The SMILES string of the molecule is Cc1ccccc1CC(O)c1ccc(F)cc1Cl. The molecule has 1 unspecified atom stereocenters. The van der Waals surface area contributed by atoms with E-state index < -0.39 is 11.9 Å². The highest BCUT2D eigenvalue weighted by Gasteiger charge is 2.13. The molecule has 2 aromatic rings. The molecule has 0 saturated carbocycles. The van der Waals surface area contributed by atoms with Crippen LogP contribution in [0.4, 0.5) is 4.39 Å². The third-order valence-electron chi connectivity index (χ3n) is 3.00. The summed E-state index contributed by atoms with van der Waals surface area (Å²) in [7, 11) is 0. The van der Waals surface area contributed by atoms with Gasteiger partial charge in [-0.05, 0) is 35.7 Å². The zero-order valence-electron chi connectivity index (χ0n) is 10.0. The standard InChI is InChI=1S/C15H14ClFO/c1-10-4-2-3-5-11(10)8-15(18)13-7-6-12(17)9-14(13)16/h2-7,9,15,18H,8H2,1H3. The minimum Gasteiger partial charge on any atom is -0.388 e. The number of hydrogen-bond acceptors (Lipinski definition) is 1. The fourth-order valence-corrected chi connectivity index (χ4v) is 2.22. The second kappa shape index (κ2) is 5.51. The molecule has 0 aromatic heterocycles. The fraction of sp³-hybridized carbons (Fsp3) is 0.200. The van der Waals surface area contributed by atoms with Crippen molar-refractivity contribution in [3.05, 3.63) is 70.0 Å². The van der Waals surface area contributed by atoms with Crippen LogP contribution in [0.2, 0.25) is 5.02 Å². The van der Waals surface area contributed by atoms with Gasteiger partial charge in [0.25, 0.3) is 0 Å². The summed E-state index contributed by atoms with van der Waals surface area (Å²) >= 11 is 5.93. The maximum atomic E-state index is 12.9. The predicted octanol–water partition coefficient (Wildman–Crippen LogP) is 4.06. The number of hydrogen-bond donors (Lipinski definition) is 1. The van der Waals surface area contributed by atoms with Crippen molar-refractivity contribution >= 4 is 11.6 Å². The molecule has 2 rings (SSSR count). The Kier molecular flexibility index (Phi) is 4.00. The van der Waals surface area contributed by atoms with Gasteiger partial charge in [-0.1, -0.05) is 41.9 Å². The van der Waals surface area contributed by atoms with Gasteiger partial charge >= 0.3 is 0 Å². The van der Waals surface area contributed by atoms with Gasteiger partial charge in [0.2, 0.25) is 0 Å². The van der Waals surface area contributed by atoms with Crippen molar-refractivity contribution < 1.29 is 9.50 Å². The van der Waals surface area contributed by atoms with Crippen LogP contribution in [0, 0.1) is 12.7 Å². The molecule has 0 aliphatic carbocycles. The molecule has 0 bridgehead atoms. The van der Waals surface area contributed by atoms with E-state index in [1.54, 1.807) is 0 Å². The van der Waals surface area contributed by atoms with E-state index >= 15 is 0 Å². The molecular formula is C15H14ClFO. The quantitative estimate of drug-likeness (QED) is 0.886. The van der Waals surface area contributed by atoms with Crippen molar-refractivity contribution in [3.63, 3.8) is 0 Å². The van der Waals surface area contributed by atoms with Crippen molar-refractivity contribution in [2.75, 3.05) is 0 Å². The molecule has 0 aliphatic rings. The van der Waals surface area contributed by atoms with Gasteiger partial charge in [0.15, 0.2) is 0 Å². The van der Waals surface area contributed by atoms with Crippen LogP contribution in [0.1, 0.15) is 22.8 Å². The topological polar surface area (TPSA) is 20.2 Å². The summed E-state index contributed by atoms with van der Waals surface area (Å²) < 4.78 is 12.9. The molecule has 0 saturated heterocycles. The molecule has 1 atom stereocenters. The maximum Gasteiger partial charge on any atom is 0.124 e. The summed E-state index contributed by atoms with van der Waals surface area (Å²) in [6.45, 7) is 1.99. The molecule has 2 aromatic carbocycles. The Bertz CT molecular complexity index is 554. The number of aryl methyl sites for hydroxylation is 1. The highest BCUT2D eigenvalue weighted by atomic mass is 35.5. The fourth-order valence-electron chi connectivity index (χ4n) is 1.93. The highest BCUT2D eigenvalue weighted by Crippen LogP contribution is 2.27. The molecule has 0 fully saturated rings. The Morgan fingerprint density at radius 3 is 2.61 bits per heavy atom. The summed E-state index contributed by atoms with van der Waals surface area (Å²) in [5.41, 5.74) is 2.74. The summed E-state index contributed by atoms with van der Waals surface area (Å²) in [4.78, 5) is 0. The number of aliphatic hydroxyl groups excluding tert-OH is 1. The Morgan fingerprint density at radius 2 is 1.94 bits per heavy atom. The first-order chi connectivity index (χ1) is 8.58. The Morgan fingerprint density at radius 1 is 1.22 bits per heavy atom. The van der Waals surface area contributed by atoms with E-state index in [-0.39, 0.29) is 5.02 Å². The first-order valence-corrected chi connectivity index (χ1v) is 6.13. The summed E-state index contributed by atoms with van der Waals surface area (Å²) in [5.74, 6) is -0.396. The lowest BCUT2D eigenvalue weighted by molar-refractivity contribution is 0.178. The first-order valence-electron chi connectivity index (χ1n) is 5.75. The molecule has 0 aliphatic heterocycles. The van der Waals surface area contributed by atoms with E-state index in [0.29, 0.717) is 12.0 Å². The van der Waals surface area contributed by atoms with Gasteiger partial charge in [0.05, 0.1) is 6.10 Å². The normalized spacial score (nSPS) is 12.4. The molecule has 1 N–H and O–H groups in total. The zero-order chi connectivity index (χ0) is 13.1. The predicted molar refractivity (Wildman–Crippen MR) is 71.3 cm³/mol. The lowest BCUT2D eigenvalue weighted by Crippen LogP contribution is -2.04.